The summed E-state index contributed by atoms with van der Waals surface area (Å²) < 4.78 is 79.2. The van der Waals surface area contributed by atoms with E-state index in [1.54, 1.807) is 21.4 Å². The van der Waals surface area contributed by atoms with Gasteiger partial charge in [-0.2, -0.15) is 0 Å². The number of alkyl halides is 4. The quantitative estimate of drug-likeness (QED) is 0.200. The predicted molar refractivity (Wildman–Crippen MR) is 224 cm³/mol. The van der Waals surface area contributed by atoms with E-state index in [2.05, 4.69) is 20.2 Å². The van der Waals surface area contributed by atoms with Crippen LogP contribution in [0, 0.1) is 11.8 Å². The van der Waals surface area contributed by atoms with Crippen molar-refractivity contribution in [3.8, 4) is 6.01 Å². The van der Waals surface area contributed by atoms with E-state index in [1.165, 1.54) is 22.0 Å². The molecule has 0 unspecified atom stereocenters. The maximum absolute atomic E-state index is 13.4. The van der Waals surface area contributed by atoms with Gasteiger partial charge >= 0.3 is 35.6 Å². The molecule has 2 saturated carbocycles. The number of aromatic nitrogens is 8. The summed E-state index contributed by atoms with van der Waals surface area (Å²) in [6, 6.07) is 0.226. The van der Waals surface area contributed by atoms with Gasteiger partial charge in [0, 0.05) is 96.9 Å². The molecule has 5 fully saturated rings. The number of fused-ring (bicyclic) bond motifs is 2. The van der Waals surface area contributed by atoms with Crippen molar-refractivity contribution < 1.29 is 72.6 Å². The number of ether oxygens (including phenoxy) is 4. The van der Waals surface area contributed by atoms with Crippen molar-refractivity contribution >= 4 is 22.6 Å². The van der Waals surface area contributed by atoms with Gasteiger partial charge in [-0.1, -0.05) is 0 Å². The Kier molecular flexibility index (Phi) is 19.7. The average Bonchev–Trinajstić information content (AvgIpc) is 4.08. The molecular weight excluding hydrogens is 863 g/mol. The van der Waals surface area contributed by atoms with E-state index < -0.39 is 11.8 Å². The number of aliphatic hydroxyl groups excluding tert-OH is 1. The summed E-state index contributed by atoms with van der Waals surface area (Å²) in [4.78, 5) is 33.9. The molecule has 0 atom stereocenters. The van der Waals surface area contributed by atoms with Crippen molar-refractivity contribution in [2.45, 2.75) is 141 Å². The number of nitrogens with zero attached hydrogens (tertiary/aromatic N) is 8. The first-order valence-electron chi connectivity index (χ1n) is 22.2. The fraction of sp³-hybridized carbons (Fsp3) is 0.762. The zero-order chi connectivity index (χ0) is 44.3. The Hall–Kier alpha value is -2.65. The van der Waals surface area contributed by atoms with Crippen LogP contribution in [-0.4, -0.2) is 108 Å². The van der Waals surface area contributed by atoms with Crippen molar-refractivity contribution in [3.63, 3.8) is 0 Å². The molecule has 0 aromatic carbocycles. The van der Waals surface area contributed by atoms with E-state index in [4.69, 9.17) is 35.7 Å². The van der Waals surface area contributed by atoms with Gasteiger partial charge in [0.25, 0.3) is 11.1 Å². The molecule has 3 aliphatic heterocycles. The Morgan fingerprint density at radius 2 is 1.13 bits per heavy atom. The monoisotopic (exact) mass is 924 g/mol. The summed E-state index contributed by atoms with van der Waals surface area (Å²) in [7, 11) is 0. The molecule has 1 N–H and O–H groups in total. The molecule has 4 aromatic heterocycles. The average molecular weight is 925 g/mol. The molecule has 7 heterocycles. The Morgan fingerprint density at radius 3 is 1.56 bits per heavy atom. The molecule has 348 valence electrons. The second kappa shape index (κ2) is 24.2. The Morgan fingerprint density at radius 1 is 0.698 bits per heavy atom. The van der Waals surface area contributed by atoms with E-state index in [-0.39, 0.29) is 116 Å². The Labute approximate surface area is 393 Å². The zero-order valence-electron chi connectivity index (χ0n) is 37.8. The van der Waals surface area contributed by atoms with E-state index in [0.29, 0.717) is 63.0 Å². The third kappa shape index (κ3) is 13.7. The normalized spacial score (nSPS) is 20.8. The van der Waals surface area contributed by atoms with Crippen molar-refractivity contribution in [2.24, 2.45) is 11.8 Å². The predicted octanol–water partition coefficient (Wildman–Crippen LogP) is 4.19. The van der Waals surface area contributed by atoms with Crippen LogP contribution >= 0.6 is 11.6 Å². The number of hydrogen-bond donors (Lipinski definition) is 1. The van der Waals surface area contributed by atoms with Crippen molar-refractivity contribution in [3.05, 3.63) is 50.0 Å². The molecule has 9 rings (SSSR count). The van der Waals surface area contributed by atoms with Gasteiger partial charge < -0.3 is 25.5 Å². The molecule has 0 spiro atoms. The van der Waals surface area contributed by atoms with Crippen LogP contribution in [0.2, 0.25) is 5.28 Å². The van der Waals surface area contributed by atoms with Gasteiger partial charge in [0.2, 0.25) is 17.1 Å². The third-order valence-corrected chi connectivity index (χ3v) is 12.6. The minimum Gasteiger partial charge on any atom is -1.00 e. The zero-order valence-corrected chi connectivity index (χ0v) is 39.6. The number of hydrogen-bond acceptors (Lipinski definition) is 11. The second-order valence-corrected chi connectivity index (χ2v) is 17.0. The minimum absolute atomic E-state index is 0. The van der Waals surface area contributed by atoms with Crippen LogP contribution in [0.3, 0.4) is 0 Å². The first-order chi connectivity index (χ1) is 29.8. The molecular formula is C42H62ClF4N8NaO7. The summed E-state index contributed by atoms with van der Waals surface area (Å²) >= 11 is 6.05. The number of halogens is 5. The van der Waals surface area contributed by atoms with Crippen LogP contribution in [0.1, 0.15) is 129 Å². The molecule has 4 aromatic rings. The van der Waals surface area contributed by atoms with Crippen LogP contribution in [-0.2, 0) is 27.3 Å². The van der Waals surface area contributed by atoms with Crippen molar-refractivity contribution in [1.82, 2.24) is 38.3 Å². The summed E-state index contributed by atoms with van der Waals surface area (Å²) in [5, 5.41) is 17.7. The van der Waals surface area contributed by atoms with Crippen molar-refractivity contribution in [2.75, 3.05) is 52.9 Å². The smallest absolute Gasteiger partial charge is 1.00 e. The number of rotatable bonds is 8. The van der Waals surface area contributed by atoms with E-state index in [1.807, 2.05) is 13.8 Å². The molecule has 15 nitrogen and oxygen atoms in total. The minimum atomic E-state index is -2.56. The third-order valence-electron chi connectivity index (χ3n) is 12.3. The summed E-state index contributed by atoms with van der Waals surface area (Å²) in [6.07, 6.45) is 10.7. The number of imidazole rings is 2. The summed E-state index contributed by atoms with van der Waals surface area (Å²) in [6.45, 7) is 9.76. The van der Waals surface area contributed by atoms with Gasteiger partial charge in [0.15, 0.2) is 11.0 Å². The number of aliphatic hydroxyl groups is 1. The molecule has 5 aliphatic rings. The van der Waals surface area contributed by atoms with Gasteiger partial charge in [-0.3, -0.25) is 18.7 Å². The SMILES string of the molecule is C1CCOC1.CCn1c(Cl)nn2c(C3CCOCC3)ncc2c1=O.CCn1c(OCC2CCC(F)(F)CC2)nn2c(C3CCOCC3)ncc2c1=O.OCC1CCC(F)(F)CC1.[H-].[Na+]. The van der Waals surface area contributed by atoms with Gasteiger partial charge in [-0.25, -0.2) is 36.6 Å². The standard InChI is InChI=1S/C19H26F2N4O3.C12H15ClN4O2.C7H12F2O.C4H8O.Na.H/c1-2-24-17(26)15-11-22-16(14-5-9-27-10-6-14)25(15)23-18(24)28-12-13-3-7-19(20,21)8-4-13;1-2-16-11(18)9-7-14-10(17(9)15-12(16)13)8-3-5-19-6-4-8;8-7(9)3-1-6(5-10)2-4-7;1-2-4-5-3-1;;/h11,13-14H,2-10,12H2,1H3;7-8H,2-6H2,1H3;6,10H,1-5H2;1-4H2;;/q;;;;+1;-1. The van der Waals surface area contributed by atoms with Crippen LogP contribution in [0.25, 0.3) is 11.0 Å². The van der Waals surface area contributed by atoms with E-state index in [9.17, 15) is 27.2 Å². The molecule has 2 aliphatic carbocycles. The van der Waals surface area contributed by atoms with E-state index >= 15 is 0 Å². The van der Waals surface area contributed by atoms with Gasteiger partial charge in [-0.15, -0.1) is 10.2 Å². The summed E-state index contributed by atoms with van der Waals surface area (Å²) in [5.41, 5.74) is 0.558. The van der Waals surface area contributed by atoms with E-state index in [0.717, 1.165) is 63.8 Å². The first-order valence-corrected chi connectivity index (χ1v) is 22.6. The topological polar surface area (TPSA) is 162 Å². The second-order valence-electron chi connectivity index (χ2n) is 16.7. The van der Waals surface area contributed by atoms with Crippen LogP contribution < -0.4 is 45.4 Å². The Bertz CT molecular complexity index is 2140. The largest absolute Gasteiger partial charge is 1.00 e. The maximum atomic E-state index is 13.4. The van der Waals surface area contributed by atoms with Crippen LogP contribution in [0.4, 0.5) is 17.6 Å². The fourth-order valence-electron chi connectivity index (χ4n) is 8.32. The molecule has 0 bridgehead atoms. The van der Waals surface area contributed by atoms with Gasteiger partial charge in [0.05, 0.1) is 19.0 Å². The van der Waals surface area contributed by atoms with Crippen LogP contribution in [0.15, 0.2) is 22.0 Å². The molecule has 3 saturated heterocycles. The molecule has 0 radical (unpaired) electrons. The molecule has 0 amide bonds. The van der Waals surface area contributed by atoms with Gasteiger partial charge in [0.1, 0.15) is 11.6 Å². The Balaban J connectivity index is 0.000000214. The summed E-state index contributed by atoms with van der Waals surface area (Å²) in [5.74, 6) is -2.82. The van der Waals surface area contributed by atoms with Crippen molar-refractivity contribution in [1.29, 1.82) is 0 Å². The molecule has 21 heteroatoms. The van der Waals surface area contributed by atoms with Crippen LogP contribution in [0.5, 0.6) is 6.01 Å². The van der Waals surface area contributed by atoms with Gasteiger partial charge in [-0.05, 0) is 101 Å². The first kappa shape index (κ1) is 51.3. The maximum Gasteiger partial charge on any atom is 1.00 e. The fourth-order valence-corrected chi connectivity index (χ4v) is 8.60. The molecule has 63 heavy (non-hydrogen) atoms.